The van der Waals surface area contributed by atoms with Gasteiger partial charge in [0, 0.05) is 12.6 Å². The number of anilines is 1. The largest absolute Gasteiger partial charge is 0.379 e. The summed E-state index contributed by atoms with van der Waals surface area (Å²) in [4.78, 5) is 0. The zero-order valence-electron chi connectivity index (χ0n) is 6.10. The molecule has 1 rings (SSSR count). The topological polar surface area (TPSA) is 12.0 Å². The molecule has 2 heteroatoms. The molecule has 1 N–H and O–H groups in total. The quantitative estimate of drug-likeness (QED) is 0.651. The van der Waals surface area contributed by atoms with Crippen molar-refractivity contribution in [1.82, 2.24) is 0 Å². The predicted molar refractivity (Wildman–Crippen MR) is 43.9 cm³/mol. The van der Waals surface area contributed by atoms with Gasteiger partial charge in [-0.3, -0.25) is 0 Å². The van der Waals surface area contributed by atoms with Gasteiger partial charge in [0.05, 0.1) is 5.69 Å². The summed E-state index contributed by atoms with van der Waals surface area (Å²) in [5.41, 5.74) is 0.396. The van der Waals surface area contributed by atoms with E-state index in [4.69, 9.17) is 0 Å². The van der Waals surface area contributed by atoms with Crippen molar-refractivity contribution in [1.29, 1.82) is 0 Å². The van der Waals surface area contributed by atoms with Gasteiger partial charge in [-0.2, -0.15) is 0 Å². The molecule has 1 aromatic carbocycles. The van der Waals surface area contributed by atoms with E-state index in [1.54, 1.807) is 18.2 Å². The van der Waals surface area contributed by atoms with Crippen LogP contribution in [-0.2, 0) is 0 Å². The molecule has 0 fully saturated rings. The molecular formula is C9H9FN. The first-order chi connectivity index (χ1) is 5.34. The first-order valence-electron chi connectivity index (χ1n) is 3.35. The Labute approximate surface area is 65.6 Å². The summed E-state index contributed by atoms with van der Waals surface area (Å²) < 4.78 is 12.8. The van der Waals surface area contributed by atoms with Crippen LogP contribution in [0.1, 0.15) is 0 Å². The van der Waals surface area contributed by atoms with Gasteiger partial charge < -0.3 is 5.32 Å². The molecule has 0 spiro atoms. The van der Waals surface area contributed by atoms with E-state index in [1.165, 1.54) is 6.07 Å². The Morgan fingerprint density at radius 2 is 2.55 bits per heavy atom. The van der Waals surface area contributed by atoms with Gasteiger partial charge in [-0.25, -0.2) is 4.39 Å². The second kappa shape index (κ2) is 3.76. The molecule has 0 aromatic heterocycles. The number of hydrogen-bond acceptors (Lipinski definition) is 1. The summed E-state index contributed by atoms with van der Waals surface area (Å²) in [5.74, 6) is -0.283. The average Bonchev–Trinajstić information content (AvgIpc) is 2.03. The summed E-state index contributed by atoms with van der Waals surface area (Å²) >= 11 is 0. The van der Waals surface area contributed by atoms with Crippen LogP contribution in [0, 0.1) is 11.9 Å². The Morgan fingerprint density at radius 3 is 3.18 bits per heavy atom. The molecule has 0 amide bonds. The molecule has 0 aliphatic heterocycles. The molecule has 1 radical (unpaired) electrons. The van der Waals surface area contributed by atoms with E-state index >= 15 is 0 Å². The van der Waals surface area contributed by atoms with Gasteiger partial charge in [0.15, 0.2) is 0 Å². The van der Waals surface area contributed by atoms with Crippen molar-refractivity contribution in [3.63, 3.8) is 0 Å². The number of para-hydroxylation sites is 1. The van der Waals surface area contributed by atoms with Gasteiger partial charge in [0.2, 0.25) is 0 Å². The molecular weight excluding hydrogens is 141 g/mol. The minimum absolute atomic E-state index is 0.283. The van der Waals surface area contributed by atoms with Crippen molar-refractivity contribution in [3.05, 3.63) is 42.7 Å². The zero-order valence-corrected chi connectivity index (χ0v) is 6.10. The van der Waals surface area contributed by atoms with Gasteiger partial charge in [0.25, 0.3) is 0 Å². The molecule has 0 saturated heterocycles. The lowest BCUT2D eigenvalue weighted by atomic mass is 10.3. The number of nitrogens with one attached hydrogen (secondary N) is 1. The Kier molecular flexibility index (Phi) is 2.66. The van der Waals surface area contributed by atoms with E-state index in [0.717, 1.165) is 0 Å². The van der Waals surface area contributed by atoms with Crippen molar-refractivity contribution >= 4 is 5.69 Å². The minimum atomic E-state index is -0.283. The third-order valence-electron chi connectivity index (χ3n) is 1.23. The molecule has 0 atom stereocenters. The average molecular weight is 150 g/mol. The lowest BCUT2D eigenvalue weighted by Crippen LogP contribution is -1.99. The third kappa shape index (κ3) is 2.08. The van der Waals surface area contributed by atoms with Gasteiger partial charge >= 0.3 is 0 Å². The normalized spacial score (nSPS) is 9.18. The van der Waals surface area contributed by atoms with Gasteiger partial charge in [-0.15, -0.1) is 6.58 Å². The van der Waals surface area contributed by atoms with Crippen molar-refractivity contribution < 1.29 is 4.39 Å². The fourth-order valence-electron chi connectivity index (χ4n) is 0.726. The number of halogens is 1. The molecule has 57 valence electrons. The van der Waals surface area contributed by atoms with Crippen molar-refractivity contribution in [2.45, 2.75) is 0 Å². The smallest absolute Gasteiger partial charge is 0.146 e. The molecule has 0 bridgehead atoms. The fourth-order valence-corrected chi connectivity index (χ4v) is 0.726. The summed E-state index contributed by atoms with van der Waals surface area (Å²) in [6, 6.07) is 7.40. The van der Waals surface area contributed by atoms with Gasteiger partial charge in [-0.05, 0) is 6.07 Å². The van der Waals surface area contributed by atoms with Crippen LogP contribution in [0.15, 0.2) is 30.9 Å². The number of rotatable bonds is 3. The van der Waals surface area contributed by atoms with Crippen molar-refractivity contribution in [2.24, 2.45) is 0 Å². The SMILES string of the molecule is C=CCNc1[c]cccc1F. The molecule has 0 aliphatic rings. The van der Waals surface area contributed by atoms with Crippen LogP contribution in [0.3, 0.4) is 0 Å². The Morgan fingerprint density at radius 1 is 1.73 bits per heavy atom. The summed E-state index contributed by atoms with van der Waals surface area (Å²) in [6.45, 7) is 4.06. The highest BCUT2D eigenvalue weighted by Crippen LogP contribution is 2.10. The second-order valence-electron chi connectivity index (χ2n) is 2.06. The standard InChI is InChI=1S/C9H9FN/c1-2-7-11-9-6-4-3-5-8(9)10/h2-5,11H,1,7H2. The van der Waals surface area contributed by atoms with E-state index in [0.29, 0.717) is 12.2 Å². The second-order valence-corrected chi connectivity index (χ2v) is 2.06. The highest BCUT2D eigenvalue weighted by atomic mass is 19.1. The molecule has 0 heterocycles. The van der Waals surface area contributed by atoms with E-state index in [2.05, 4.69) is 18.0 Å². The molecule has 11 heavy (non-hydrogen) atoms. The number of benzene rings is 1. The summed E-state index contributed by atoms with van der Waals surface area (Å²) in [7, 11) is 0. The lowest BCUT2D eigenvalue weighted by Gasteiger charge is -2.02. The van der Waals surface area contributed by atoms with E-state index in [9.17, 15) is 4.39 Å². The first kappa shape index (κ1) is 7.79. The first-order valence-corrected chi connectivity index (χ1v) is 3.35. The maximum absolute atomic E-state index is 12.8. The molecule has 0 aliphatic carbocycles. The fraction of sp³-hybridized carbons (Fsp3) is 0.111. The molecule has 0 unspecified atom stereocenters. The molecule has 0 saturated carbocycles. The van der Waals surface area contributed by atoms with Gasteiger partial charge in [0.1, 0.15) is 5.82 Å². The van der Waals surface area contributed by atoms with Crippen LogP contribution in [0.2, 0.25) is 0 Å². The Balaban J connectivity index is 2.69. The summed E-state index contributed by atoms with van der Waals surface area (Å²) in [5, 5.41) is 2.81. The number of hydrogen-bond donors (Lipinski definition) is 1. The monoisotopic (exact) mass is 150 g/mol. The van der Waals surface area contributed by atoms with Crippen LogP contribution in [-0.4, -0.2) is 6.54 Å². The zero-order chi connectivity index (χ0) is 8.10. The van der Waals surface area contributed by atoms with E-state index < -0.39 is 0 Å². The van der Waals surface area contributed by atoms with E-state index in [-0.39, 0.29) is 5.82 Å². The maximum atomic E-state index is 12.8. The third-order valence-corrected chi connectivity index (χ3v) is 1.23. The molecule has 1 aromatic rings. The van der Waals surface area contributed by atoms with Crippen LogP contribution >= 0.6 is 0 Å². The maximum Gasteiger partial charge on any atom is 0.146 e. The highest BCUT2D eigenvalue weighted by Gasteiger charge is 1.96. The van der Waals surface area contributed by atoms with Crippen LogP contribution in [0.4, 0.5) is 10.1 Å². The lowest BCUT2D eigenvalue weighted by molar-refractivity contribution is 0.630. The van der Waals surface area contributed by atoms with Crippen LogP contribution in [0.25, 0.3) is 0 Å². The van der Waals surface area contributed by atoms with Crippen LogP contribution < -0.4 is 5.32 Å². The van der Waals surface area contributed by atoms with Crippen molar-refractivity contribution in [2.75, 3.05) is 11.9 Å². The Bertz CT molecular complexity index is 245. The highest BCUT2D eigenvalue weighted by molar-refractivity contribution is 5.43. The molecule has 1 nitrogen and oxygen atoms in total. The van der Waals surface area contributed by atoms with E-state index in [1.807, 2.05) is 0 Å². The Hall–Kier alpha value is -1.31. The minimum Gasteiger partial charge on any atom is -0.379 e. The summed E-state index contributed by atoms with van der Waals surface area (Å²) in [6.07, 6.45) is 1.67. The predicted octanol–water partition coefficient (Wildman–Crippen LogP) is 2.22. The van der Waals surface area contributed by atoms with Gasteiger partial charge in [-0.1, -0.05) is 18.2 Å². The van der Waals surface area contributed by atoms with Crippen molar-refractivity contribution in [3.8, 4) is 0 Å². The van der Waals surface area contributed by atoms with Crippen LogP contribution in [0.5, 0.6) is 0 Å².